The third-order valence-corrected chi connectivity index (χ3v) is 6.82. The van der Waals surface area contributed by atoms with Crippen LogP contribution in [0.5, 0.6) is 0 Å². The number of nitrogens with zero attached hydrogens (tertiary/aromatic N) is 4. The second kappa shape index (κ2) is 11.7. The lowest BCUT2D eigenvalue weighted by Gasteiger charge is -2.23. The maximum absolute atomic E-state index is 12.0. The van der Waals surface area contributed by atoms with Crippen molar-refractivity contribution in [2.24, 2.45) is 0 Å². The molecule has 4 atom stereocenters. The van der Waals surface area contributed by atoms with Crippen molar-refractivity contribution >= 4 is 68.3 Å². The molecule has 2 aromatic heterocycles. The van der Waals surface area contributed by atoms with Gasteiger partial charge in [-0.2, -0.15) is 0 Å². The second-order valence-electron chi connectivity index (χ2n) is 9.17. The van der Waals surface area contributed by atoms with Crippen LogP contribution in [0.4, 0.5) is 5.82 Å². The predicted molar refractivity (Wildman–Crippen MR) is 151 cm³/mol. The number of anilines is 1. The summed E-state index contributed by atoms with van der Waals surface area (Å²) in [6.07, 6.45) is -2.47. The minimum atomic E-state index is -1.06. The van der Waals surface area contributed by atoms with Gasteiger partial charge in [0.15, 0.2) is 39.2 Å². The molecule has 0 radical (unpaired) electrons. The highest BCUT2D eigenvalue weighted by molar-refractivity contribution is 14.1. The zero-order valence-electron chi connectivity index (χ0n) is 21.9. The molecule has 40 heavy (non-hydrogen) atoms. The number of esters is 3. The predicted octanol–water partition coefficient (Wildman–Crippen LogP) is 3.52. The van der Waals surface area contributed by atoms with Gasteiger partial charge >= 0.3 is 17.9 Å². The molecular formula is C27H26IN5O7. The molecule has 0 aliphatic carbocycles. The van der Waals surface area contributed by atoms with Gasteiger partial charge in [-0.15, -0.1) is 0 Å². The summed E-state index contributed by atoms with van der Waals surface area (Å²) in [5.41, 5.74) is 1.97. The van der Waals surface area contributed by atoms with Gasteiger partial charge in [0.2, 0.25) is 0 Å². The molecule has 1 saturated heterocycles. The summed E-state index contributed by atoms with van der Waals surface area (Å²) in [5.74, 6) is -1.23. The molecule has 0 saturated carbocycles. The lowest BCUT2D eigenvalue weighted by Crippen LogP contribution is -2.40. The molecular weight excluding hydrogens is 633 g/mol. The fourth-order valence-electron chi connectivity index (χ4n) is 4.74. The van der Waals surface area contributed by atoms with E-state index in [2.05, 4.69) is 38.5 Å². The Morgan fingerprint density at radius 3 is 2.45 bits per heavy atom. The highest BCUT2D eigenvalue weighted by Gasteiger charge is 2.51. The largest absolute Gasteiger partial charge is 0.463 e. The summed E-state index contributed by atoms with van der Waals surface area (Å²) in [7, 11) is 0. The Morgan fingerprint density at radius 2 is 1.70 bits per heavy atom. The number of carbonyl (C=O) groups excluding carboxylic acids is 3. The van der Waals surface area contributed by atoms with Crippen LogP contribution >= 0.6 is 22.6 Å². The number of ether oxygens (including phenoxy) is 4. The summed E-state index contributed by atoms with van der Waals surface area (Å²) in [5, 5.41) is 5.64. The summed E-state index contributed by atoms with van der Waals surface area (Å²) in [6.45, 7) is 4.01. The van der Waals surface area contributed by atoms with Gasteiger partial charge < -0.3 is 24.3 Å². The molecule has 0 amide bonds. The minimum absolute atomic E-state index is 0.210. The van der Waals surface area contributed by atoms with E-state index in [0.29, 0.717) is 27.4 Å². The highest BCUT2D eigenvalue weighted by Crippen LogP contribution is 2.36. The van der Waals surface area contributed by atoms with Crippen LogP contribution in [0.2, 0.25) is 0 Å². The number of fused-ring (bicyclic) bond motifs is 2. The van der Waals surface area contributed by atoms with Crippen LogP contribution < -0.4 is 5.32 Å². The van der Waals surface area contributed by atoms with E-state index in [-0.39, 0.29) is 6.61 Å². The zero-order valence-corrected chi connectivity index (χ0v) is 24.0. The molecule has 1 N–H and O–H groups in total. The van der Waals surface area contributed by atoms with E-state index in [0.717, 1.165) is 16.3 Å². The van der Waals surface area contributed by atoms with E-state index in [1.54, 1.807) is 4.57 Å². The fourth-order valence-corrected chi connectivity index (χ4v) is 5.21. The summed E-state index contributed by atoms with van der Waals surface area (Å²) in [4.78, 5) is 49.1. The third-order valence-electron chi connectivity index (χ3n) is 6.33. The van der Waals surface area contributed by atoms with Gasteiger partial charge in [0.05, 0.1) is 6.33 Å². The van der Waals surface area contributed by atoms with Crippen molar-refractivity contribution in [1.82, 2.24) is 19.5 Å². The van der Waals surface area contributed by atoms with E-state index in [1.807, 2.05) is 46.9 Å². The molecule has 0 spiro atoms. The highest BCUT2D eigenvalue weighted by atomic mass is 127. The normalized spacial score (nSPS) is 20.4. The Kier molecular flexibility index (Phi) is 8.12. The van der Waals surface area contributed by atoms with E-state index >= 15 is 0 Å². The van der Waals surface area contributed by atoms with E-state index in [9.17, 15) is 14.4 Å². The van der Waals surface area contributed by atoms with Crippen molar-refractivity contribution in [1.29, 1.82) is 0 Å². The van der Waals surface area contributed by atoms with Gasteiger partial charge in [0.25, 0.3) is 0 Å². The number of hydrogen-bond donors (Lipinski definition) is 1. The standard InChI is InChI=1S/C27H26IN5O7/c1-14(34)37-12-20-22(38-15(2)35)23(39-16(3)36)26(40-20)33-13-30-21-24(31-27(28)32-25(21)33)29-11-18-9-6-8-17-7-4-5-10-19(17)18/h4-10,13,20,22-23,26H,11-12H2,1-3H3,(H,29,31,32)/t20-,22-,23-,26-/m1/s1. The van der Waals surface area contributed by atoms with Crippen LogP contribution in [0.1, 0.15) is 32.6 Å². The molecule has 5 rings (SSSR count). The molecule has 4 aromatic rings. The summed E-state index contributed by atoms with van der Waals surface area (Å²) < 4.78 is 24.4. The SMILES string of the molecule is CC(=O)OC[C@H]1O[C@@H](n2cnc3c(NCc4cccc5ccccc45)nc(I)nc32)[C@H](OC(C)=O)[C@@H]1OC(C)=O. The Bertz CT molecular complexity index is 1590. The first kappa shape index (κ1) is 27.7. The van der Waals surface area contributed by atoms with Crippen molar-refractivity contribution in [3.8, 4) is 0 Å². The van der Waals surface area contributed by atoms with Gasteiger partial charge in [0, 0.05) is 49.9 Å². The average molecular weight is 659 g/mol. The van der Waals surface area contributed by atoms with Crippen LogP contribution in [0, 0.1) is 3.83 Å². The molecule has 1 aliphatic heterocycles. The van der Waals surface area contributed by atoms with Crippen molar-refractivity contribution in [2.45, 2.75) is 51.9 Å². The van der Waals surface area contributed by atoms with Crippen molar-refractivity contribution in [2.75, 3.05) is 11.9 Å². The van der Waals surface area contributed by atoms with Crippen LogP contribution in [0.15, 0.2) is 48.8 Å². The lowest BCUT2D eigenvalue weighted by atomic mass is 10.0. The minimum Gasteiger partial charge on any atom is -0.463 e. The molecule has 3 heterocycles. The van der Waals surface area contributed by atoms with Crippen LogP contribution in [0.25, 0.3) is 21.9 Å². The van der Waals surface area contributed by atoms with Crippen molar-refractivity contribution in [3.05, 3.63) is 58.2 Å². The molecule has 13 heteroatoms. The Hall–Kier alpha value is -3.85. The van der Waals surface area contributed by atoms with Crippen LogP contribution in [-0.4, -0.2) is 62.3 Å². The smallest absolute Gasteiger partial charge is 0.303 e. The molecule has 0 unspecified atom stereocenters. The topological polar surface area (TPSA) is 144 Å². The number of rotatable bonds is 8. The zero-order chi connectivity index (χ0) is 28.4. The lowest BCUT2D eigenvalue weighted by molar-refractivity contribution is -0.166. The molecule has 1 fully saturated rings. The number of carbonyl (C=O) groups is 3. The second-order valence-corrected chi connectivity index (χ2v) is 10.1. The van der Waals surface area contributed by atoms with Gasteiger partial charge in [-0.25, -0.2) is 15.0 Å². The summed E-state index contributed by atoms with van der Waals surface area (Å²) >= 11 is 2.01. The van der Waals surface area contributed by atoms with Gasteiger partial charge in [-0.1, -0.05) is 42.5 Å². The molecule has 0 bridgehead atoms. The van der Waals surface area contributed by atoms with Gasteiger partial charge in [0.1, 0.15) is 12.7 Å². The maximum Gasteiger partial charge on any atom is 0.303 e. The number of benzene rings is 2. The summed E-state index contributed by atoms with van der Waals surface area (Å²) in [6, 6.07) is 14.2. The first-order chi connectivity index (χ1) is 19.2. The van der Waals surface area contributed by atoms with Crippen molar-refractivity contribution in [3.63, 3.8) is 0 Å². The number of nitrogens with one attached hydrogen (secondary N) is 1. The van der Waals surface area contributed by atoms with Gasteiger partial charge in [-0.05, 0) is 16.3 Å². The van der Waals surface area contributed by atoms with Crippen LogP contribution in [0.3, 0.4) is 0 Å². The van der Waals surface area contributed by atoms with Crippen molar-refractivity contribution < 1.29 is 33.3 Å². The van der Waals surface area contributed by atoms with E-state index in [1.165, 1.54) is 27.1 Å². The van der Waals surface area contributed by atoms with E-state index < -0.39 is 42.4 Å². The number of hydrogen-bond acceptors (Lipinski definition) is 11. The van der Waals surface area contributed by atoms with Crippen LogP contribution in [-0.2, 0) is 39.9 Å². The quantitative estimate of drug-likeness (QED) is 0.128. The molecule has 208 valence electrons. The monoisotopic (exact) mass is 659 g/mol. The molecule has 2 aromatic carbocycles. The first-order valence-corrected chi connectivity index (χ1v) is 13.5. The number of imidazole rings is 1. The Labute approximate surface area is 242 Å². The van der Waals surface area contributed by atoms with E-state index in [4.69, 9.17) is 18.9 Å². The first-order valence-electron chi connectivity index (χ1n) is 12.4. The maximum atomic E-state index is 12.0. The molecule has 1 aliphatic rings. The number of aromatic nitrogens is 4. The third kappa shape index (κ3) is 5.84. The fraction of sp³-hybridized carbons (Fsp3) is 0.333. The Balaban J connectivity index is 1.49. The number of halogens is 1. The average Bonchev–Trinajstić information content (AvgIpc) is 3.46. The Morgan fingerprint density at radius 1 is 0.975 bits per heavy atom. The molecule has 12 nitrogen and oxygen atoms in total. The van der Waals surface area contributed by atoms with Gasteiger partial charge in [-0.3, -0.25) is 19.0 Å².